The van der Waals surface area contributed by atoms with Gasteiger partial charge in [0.1, 0.15) is 6.10 Å². The van der Waals surface area contributed by atoms with Gasteiger partial charge >= 0.3 is 5.97 Å². The van der Waals surface area contributed by atoms with E-state index in [1.807, 2.05) is 0 Å². The molecule has 0 aromatic heterocycles. The van der Waals surface area contributed by atoms with Crippen molar-refractivity contribution in [2.45, 2.75) is 110 Å². The Balaban J connectivity index is 4.63. The predicted molar refractivity (Wildman–Crippen MR) is 100 cm³/mol. The number of ether oxygens (including phenoxy) is 3. The predicted octanol–water partition coefficient (Wildman–Crippen LogP) is 5.42. The Morgan fingerprint density at radius 3 is 1.54 bits per heavy atom. The van der Waals surface area contributed by atoms with Gasteiger partial charge in [0.2, 0.25) is 0 Å². The normalized spacial score (nSPS) is 13.4. The lowest BCUT2D eigenvalue weighted by molar-refractivity contribution is -0.401. The summed E-state index contributed by atoms with van der Waals surface area (Å²) in [4.78, 5) is 0. The molecule has 0 heterocycles. The number of rotatable bonds is 18. The second kappa shape index (κ2) is 16.3. The maximum atomic E-state index is 11.0. The molecule has 0 amide bonds. The van der Waals surface area contributed by atoms with Gasteiger partial charge in [-0.3, -0.25) is 0 Å². The van der Waals surface area contributed by atoms with E-state index >= 15 is 0 Å². The number of unbranched alkanes of at least 4 members (excludes halogenated alkanes) is 6. The van der Waals surface area contributed by atoms with Gasteiger partial charge in [0.25, 0.3) is 0 Å². The molecule has 0 aromatic rings. The van der Waals surface area contributed by atoms with Crippen LogP contribution in [0.15, 0.2) is 0 Å². The van der Waals surface area contributed by atoms with Crippen molar-refractivity contribution in [2.75, 3.05) is 19.8 Å². The van der Waals surface area contributed by atoms with Crippen molar-refractivity contribution in [1.82, 2.24) is 0 Å². The van der Waals surface area contributed by atoms with Crippen molar-refractivity contribution in [2.24, 2.45) is 0 Å². The molecule has 4 heteroatoms. The van der Waals surface area contributed by atoms with Crippen LogP contribution < -0.4 is 0 Å². The smallest absolute Gasteiger partial charge is 0.308 e. The number of hydrogen-bond donors (Lipinski definition) is 1. The Bertz CT molecular complexity index is 246. The van der Waals surface area contributed by atoms with Gasteiger partial charge in [0, 0.05) is 6.61 Å². The number of aliphatic hydroxyl groups is 1. The summed E-state index contributed by atoms with van der Waals surface area (Å²) >= 11 is 0. The molecule has 0 radical (unpaired) electrons. The Labute approximate surface area is 150 Å². The van der Waals surface area contributed by atoms with E-state index in [1.54, 1.807) is 0 Å². The van der Waals surface area contributed by atoms with E-state index in [4.69, 9.17) is 14.2 Å². The van der Waals surface area contributed by atoms with Crippen LogP contribution >= 0.6 is 0 Å². The Hall–Kier alpha value is -0.160. The molecule has 24 heavy (non-hydrogen) atoms. The molecule has 1 N–H and O–H groups in total. The molecular weight excluding hydrogens is 304 g/mol. The first kappa shape index (κ1) is 23.8. The van der Waals surface area contributed by atoms with Crippen LogP contribution in [-0.4, -0.2) is 37.0 Å². The fraction of sp³-hybridized carbons (Fsp3) is 1.00. The van der Waals surface area contributed by atoms with Gasteiger partial charge in [-0.1, -0.05) is 72.6 Å². The van der Waals surface area contributed by atoms with Gasteiger partial charge < -0.3 is 19.3 Å². The highest BCUT2D eigenvalue weighted by Crippen LogP contribution is 2.24. The molecule has 0 saturated heterocycles. The third-order valence-corrected chi connectivity index (χ3v) is 4.14. The molecular formula is C20H42O4. The minimum absolute atomic E-state index is 0.414. The standard InChI is InChI=1S/C20H42O4/c1-5-9-12-16-22-19(15-8-4)20(21,23-17-13-10-6-2)24-18-14-11-7-3/h19,21H,5-18H2,1-4H3. The van der Waals surface area contributed by atoms with Gasteiger partial charge in [0.05, 0.1) is 13.2 Å². The summed E-state index contributed by atoms with van der Waals surface area (Å²) in [6.07, 6.45) is 10.9. The van der Waals surface area contributed by atoms with Gasteiger partial charge in [0.15, 0.2) is 0 Å². The largest absolute Gasteiger partial charge is 0.370 e. The molecule has 0 aliphatic rings. The average molecular weight is 347 g/mol. The third kappa shape index (κ3) is 11.4. The summed E-state index contributed by atoms with van der Waals surface area (Å²) < 4.78 is 17.5. The van der Waals surface area contributed by atoms with Crippen LogP contribution in [0.2, 0.25) is 0 Å². The fourth-order valence-corrected chi connectivity index (χ4v) is 2.58. The lowest BCUT2D eigenvalue weighted by Gasteiger charge is -2.35. The lowest BCUT2D eigenvalue weighted by Crippen LogP contribution is -2.49. The molecule has 0 spiro atoms. The summed E-state index contributed by atoms with van der Waals surface area (Å²) in [7, 11) is 0. The van der Waals surface area contributed by atoms with E-state index in [0.717, 1.165) is 70.6 Å². The summed E-state index contributed by atoms with van der Waals surface area (Å²) in [5.41, 5.74) is 0. The van der Waals surface area contributed by atoms with Crippen molar-refractivity contribution in [1.29, 1.82) is 0 Å². The summed E-state index contributed by atoms with van der Waals surface area (Å²) in [5, 5.41) is 11.0. The summed E-state index contributed by atoms with van der Waals surface area (Å²) in [6, 6.07) is 0. The Morgan fingerprint density at radius 1 is 0.667 bits per heavy atom. The highest BCUT2D eigenvalue weighted by molar-refractivity contribution is 4.71. The SMILES string of the molecule is CCCCCOC(CCC)C(O)(OCCCCC)OCCCCC. The van der Waals surface area contributed by atoms with E-state index in [1.165, 1.54) is 0 Å². The van der Waals surface area contributed by atoms with Gasteiger partial charge in [-0.15, -0.1) is 0 Å². The zero-order valence-electron chi connectivity index (χ0n) is 16.6. The van der Waals surface area contributed by atoms with Crippen molar-refractivity contribution in [3.63, 3.8) is 0 Å². The van der Waals surface area contributed by atoms with E-state index in [-0.39, 0.29) is 0 Å². The van der Waals surface area contributed by atoms with Gasteiger partial charge in [-0.25, -0.2) is 0 Å². The minimum Gasteiger partial charge on any atom is -0.370 e. The molecule has 4 nitrogen and oxygen atoms in total. The molecule has 0 aliphatic heterocycles. The van der Waals surface area contributed by atoms with Crippen LogP contribution in [0.4, 0.5) is 0 Å². The zero-order chi connectivity index (χ0) is 18.1. The molecule has 146 valence electrons. The van der Waals surface area contributed by atoms with E-state index < -0.39 is 12.1 Å². The molecule has 0 rings (SSSR count). The third-order valence-electron chi connectivity index (χ3n) is 4.14. The van der Waals surface area contributed by atoms with Gasteiger partial charge in [-0.05, 0) is 25.7 Å². The zero-order valence-corrected chi connectivity index (χ0v) is 16.6. The van der Waals surface area contributed by atoms with E-state index in [9.17, 15) is 5.11 Å². The quantitative estimate of drug-likeness (QED) is 0.266. The minimum atomic E-state index is -1.61. The van der Waals surface area contributed by atoms with Gasteiger partial charge in [-0.2, -0.15) is 0 Å². The maximum Gasteiger partial charge on any atom is 0.308 e. The van der Waals surface area contributed by atoms with Crippen LogP contribution in [0.3, 0.4) is 0 Å². The molecule has 0 aliphatic carbocycles. The highest BCUT2D eigenvalue weighted by Gasteiger charge is 2.39. The van der Waals surface area contributed by atoms with Crippen molar-refractivity contribution < 1.29 is 19.3 Å². The average Bonchev–Trinajstić information content (AvgIpc) is 2.58. The van der Waals surface area contributed by atoms with E-state index in [2.05, 4.69) is 27.7 Å². The molecule has 1 atom stereocenters. The van der Waals surface area contributed by atoms with Crippen LogP contribution in [0.5, 0.6) is 0 Å². The van der Waals surface area contributed by atoms with Crippen LogP contribution in [-0.2, 0) is 14.2 Å². The molecule has 1 unspecified atom stereocenters. The van der Waals surface area contributed by atoms with E-state index in [0.29, 0.717) is 19.8 Å². The Morgan fingerprint density at radius 2 is 1.12 bits per heavy atom. The first-order valence-corrected chi connectivity index (χ1v) is 10.3. The molecule has 0 aromatic carbocycles. The topological polar surface area (TPSA) is 47.9 Å². The molecule has 0 fully saturated rings. The summed E-state index contributed by atoms with van der Waals surface area (Å²) in [5.74, 6) is -1.61. The summed E-state index contributed by atoms with van der Waals surface area (Å²) in [6.45, 7) is 10.3. The van der Waals surface area contributed by atoms with Crippen LogP contribution in [0.25, 0.3) is 0 Å². The first-order chi connectivity index (χ1) is 11.6. The van der Waals surface area contributed by atoms with Crippen LogP contribution in [0.1, 0.15) is 98.3 Å². The monoisotopic (exact) mass is 346 g/mol. The number of hydrogen-bond acceptors (Lipinski definition) is 4. The fourth-order valence-electron chi connectivity index (χ4n) is 2.58. The highest BCUT2D eigenvalue weighted by atomic mass is 16.8. The molecule has 0 bridgehead atoms. The second-order valence-electron chi connectivity index (χ2n) is 6.60. The lowest BCUT2D eigenvalue weighted by atomic mass is 10.1. The van der Waals surface area contributed by atoms with Crippen molar-refractivity contribution >= 4 is 0 Å². The van der Waals surface area contributed by atoms with Crippen molar-refractivity contribution in [3.05, 3.63) is 0 Å². The Kier molecular flexibility index (Phi) is 16.2. The van der Waals surface area contributed by atoms with Crippen LogP contribution in [0, 0.1) is 0 Å². The maximum absolute atomic E-state index is 11.0. The first-order valence-electron chi connectivity index (χ1n) is 10.3. The molecule has 0 saturated carbocycles. The van der Waals surface area contributed by atoms with Crippen molar-refractivity contribution in [3.8, 4) is 0 Å². The second-order valence-corrected chi connectivity index (χ2v) is 6.60.